The summed E-state index contributed by atoms with van der Waals surface area (Å²) in [5, 5.41) is 0. The van der Waals surface area contributed by atoms with E-state index in [1.807, 2.05) is 12.1 Å². The van der Waals surface area contributed by atoms with E-state index in [1.165, 1.54) is 34.0 Å². The highest BCUT2D eigenvalue weighted by molar-refractivity contribution is 7.99. The zero-order chi connectivity index (χ0) is 17.0. The van der Waals surface area contributed by atoms with Crippen molar-refractivity contribution in [3.8, 4) is 0 Å². The van der Waals surface area contributed by atoms with Crippen molar-refractivity contribution in [2.24, 2.45) is 0 Å². The fraction of sp³-hybridized carbons (Fsp3) is 0.615. The molecule has 1 fully saturated rings. The van der Waals surface area contributed by atoms with Gasteiger partial charge in [-0.25, -0.2) is 0 Å². The van der Waals surface area contributed by atoms with Gasteiger partial charge in [0, 0.05) is 50.9 Å². The first-order chi connectivity index (χ1) is 10.8. The molecule has 1 saturated heterocycles. The van der Waals surface area contributed by atoms with Crippen LogP contribution in [-0.2, 0) is 20.8 Å². The molecule has 23 heavy (non-hydrogen) atoms. The molecule has 0 bridgehead atoms. The van der Waals surface area contributed by atoms with Crippen molar-refractivity contribution in [2.75, 3.05) is 46.0 Å². The lowest BCUT2D eigenvalue weighted by Gasteiger charge is -2.35. The third-order valence-corrected chi connectivity index (χ3v) is 7.80. The second-order valence-corrected chi connectivity index (χ2v) is 10.2. The lowest BCUT2D eigenvalue weighted by Crippen LogP contribution is -2.53. The second kappa shape index (κ2) is 8.17. The van der Waals surface area contributed by atoms with E-state index in [0.717, 1.165) is 15.0 Å². The minimum atomic E-state index is -3.39. The molecule has 1 aromatic rings. The predicted octanol–water partition coefficient (Wildman–Crippen LogP) is 1.59. The number of thioether (sulfide) groups is 1. The molecule has 0 unspecified atom stereocenters. The van der Waals surface area contributed by atoms with Crippen molar-refractivity contribution in [3.05, 3.63) is 21.3 Å². The van der Waals surface area contributed by atoms with Crippen LogP contribution in [0, 0.1) is 0 Å². The van der Waals surface area contributed by atoms with E-state index < -0.39 is 10.2 Å². The van der Waals surface area contributed by atoms with Gasteiger partial charge in [0.2, 0.25) is 5.91 Å². The Morgan fingerprint density at radius 2 is 1.96 bits per heavy atom. The van der Waals surface area contributed by atoms with Gasteiger partial charge in [-0.1, -0.05) is 11.6 Å². The van der Waals surface area contributed by atoms with E-state index in [1.54, 1.807) is 16.7 Å². The standard InChI is InChI=1S/C13H20ClN3O3S3/c1-15(2)23(19,20)17-7-5-16(6-8-17)13(18)10-21-9-11-3-4-12(14)22-11/h3-4H,5-10H2,1-2H3. The average Bonchev–Trinajstić information content (AvgIpc) is 2.92. The molecule has 0 atom stereocenters. The lowest BCUT2D eigenvalue weighted by molar-refractivity contribution is -0.129. The number of thiophene rings is 1. The number of carbonyl (C=O) groups is 1. The monoisotopic (exact) mass is 397 g/mol. The number of hydrogen-bond donors (Lipinski definition) is 0. The van der Waals surface area contributed by atoms with Crippen LogP contribution in [0.3, 0.4) is 0 Å². The fourth-order valence-corrected chi connectivity index (χ4v) is 5.37. The van der Waals surface area contributed by atoms with Gasteiger partial charge in [0.05, 0.1) is 10.1 Å². The number of carbonyl (C=O) groups excluding carboxylic acids is 1. The Bertz CT molecular complexity index is 640. The van der Waals surface area contributed by atoms with Crippen LogP contribution in [0.2, 0.25) is 4.34 Å². The van der Waals surface area contributed by atoms with Crippen LogP contribution in [0.1, 0.15) is 4.88 Å². The Balaban J connectivity index is 1.75. The number of amides is 1. The van der Waals surface area contributed by atoms with E-state index in [2.05, 4.69) is 0 Å². The van der Waals surface area contributed by atoms with Crippen molar-refractivity contribution in [2.45, 2.75) is 5.75 Å². The summed E-state index contributed by atoms with van der Waals surface area (Å²) in [6.07, 6.45) is 0. The number of rotatable bonds is 6. The highest BCUT2D eigenvalue weighted by Gasteiger charge is 2.29. The number of hydrogen-bond acceptors (Lipinski definition) is 5. The van der Waals surface area contributed by atoms with Crippen LogP contribution in [-0.4, -0.2) is 73.9 Å². The summed E-state index contributed by atoms with van der Waals surface area (Å²) in [5.74, 6) is 1.22. The summed E-state index contributed by atoms with van der Waals surface area (Å²) in [6.45, 7) is 1.57. The topological polar surface area (TPSA) is 60.9 Å². The molecule has 1 amide bonds. The Morgan fingerprint density at radius 3 is 2.48 bits per heavy atom. The van der Waals surface area contributed by atoms with E-state index >= 15 is 0 Å². The minimum absolute atomic E-state index is 0.0551. The van der Waals surface area contributed by atoms with Gasteiger partial charge in [-0.15, -0.1) is 23.1 Å². The molecular weight excluding hydrogens is 378 g/mol. The Morgan fingerprint density at radius 1 is 1.30 bits per heavy atom. The first-order valence-corrected chi connectivity index (χ1v) is 10.8. The summed E-state index contributed by atoms with van der Waals surface area (Å²) < 4.78 is 27.4. The summed E-state index contributed by atoms with van der Waals surface area (Å²) in [7, 11) is -0.359. The van der Waals surface area contributed by atoms with Crippen molar-refractivity contribution in [1.82, 2.24) is 13.5 Å². The first-order valence-electron chi connectivity index (χ1n) is 7.08. The molecular formula is C13H20ClN3O3S3. The SMILES string of the molecule is CN(C)S(=O)(=O)N1CCN(C(=O)CSCc2ccc(Cl)s2)CC1. The number of nitrogens with zero attached hydrogens (tertiary/aromatic N) is 3. The zero-order valence-electron chi connectivity index (χ0n) is 13.1. The maximum atomic E-state index is 12.2. The van der Waals surface area contributed by atoms with Gasteiger partial charge in [0.1, 0.15) is 0 Å². The van der Waals surface area contributed by atoms with E-state index in [4.69, 9.17) is 11.6 Å². The molecule has 0 aliphatic carbocycles. The molecule has 0 radical (unpaired) electrons. The summed E-state index contributed by atoms with van der Waals surface area (Å²) in [4.78, 5) is 15.1. The molecule has 0 aromatic carbocycles. The molecule has 1 aliphatic heterocycles. The van der Waals surface area contributed by atoms with Crippen molar-refractivity contribution in [3.63, 3.8) is 0 Å². The van der Waals surface area contributed by atoms with Crippen molar-refractivity contribution < 1.29 is 13.2 Å². The van der Waals surface area contributed by atoms with Crippen molar-refractivity contribution in [1.29, 1.82) is 0 Å². The van der Waals surface area contributed by atoms with E-state index in [0.29, 0.717) is 31.9 Å². The summed E-state index contributed by atoms with van der Waals surface area (Å²) >= 11 is 8.95. The normalized spacial score (nSPS) is 17.0. The van der Waals surface area contributed by atoms with Gasteiger partial charge in [-0.2, -0.15) is 17.0 Å². The quantitative estimate of drug-likeness (QED) is 0.731. The van der Waals surface area contributed by atoms with Gasteiger partial charge in [0.15, 0.2) is 0 Å². The Labute approximate surface area is 150 Å². The van der Waals surface area contributed by atoms with Gasteiger partial charge in [-0.05, 0) is 12.1 Å². The third kappa shape index (κ3) is 5.07. The second-order valence-electron chi connectivity index (χ2n) is 5.27. The zero-order valence-corrected chi connectivity index (χ0v) is 16.3. The van der Waals surface area contributed by atoms with Crippen LogP contribution in [0.5, 0.6) is 0 Å². The molecule has 0 N–H and O–H groups in total. The fourth-order valence-electron chi connectivity index (χ4n) is 2.16. The third-order valence-electron chi connectivity index (χ3n) is 3.48. The first kappa shape index (κ1) is 19.0. The molecule has 6 nitrogen and oxygen atoms in total. The maximum Gasteiger partial charge on any atom is 0.281 e. The van der Waals surface area contributed by atoms with Crippen LogP contribution >= 0.6 is 34.7 Å². The highest BCUT2D eigenvalue weighted by atomic mass is 35.5. The minimum Gasteiger partial charge on any atom is -0.339 e. The number of piperazine rings is 1. The van der Waals surface area contributed by atoms with Gasteiger partial charge in [-0.3, -0.25) is 4.79 Å². The Kier molecular flexibility index (Phi) is 6.76. The molecule has 0 spiro atoms. The van der Waals surface area contributed by atoms with Crippen LogP contribution < -0.4 is 0 Å². The predicted molar refractivity (Wildman–Crippen MR) is 96.3 cm³/mol. The molecule has 1 aliphatic rings. The van der Waals surface area contributed by atoms with Crippen LogP contribution in [0.25, 0.3) is 0 Å². The highest BCUT2D eigenvalue weighted by Crippen LogP contribution is 2.25. The average molecular weight is 398 g/mol. The maximum absolute atomic E-state index is 12.2. The molecule has 130 valence electrons. The van der Waals surface area contributed by atoms with Crippen LogP contribution in [0.15, 0.2) is 12.1 Å². The summed E-state index contributed by atoms with van der Waals surface area (Å²) in [5.41, 5.74) is 0. The van der Waals surface area contributed by atoms with Gasteiger partial charge < -0.3 is 4.90 Å². The Hall–Kier alpha value is -0.320. The molecule has 2 heterocycles. The molecule has 2 rings (SSSR count). The lowest BCUT2D eigenvalue weighted by atomic mass is 10.3. The summed E-state index contributed by atoms with van der Waals surface area (Å²) in [6, 6.07) is 3.82. The van der Waals surface area contributed by atoms with E-state index in [-0.39, 0.29) is 5.91 Å². The molecule has 1 aromatic heterocycles. The van der Waals surface area contributed by atoms with E-state index in [9.17, 15) is 13.2 Å². The van der Waals surface area contributed by atoms with Crippen LogP contribution in [0.4, 0.5) is 0 Å². The van der Waals surface area contributed by atoms with Crippen molar-refractivity contribution >= 4 is 50.8 Å². The number of halogens is 1. The molecule has 0 saturated carbocycles. The van der Waals surface area contributed by atoms with Gasteiger partial charge in [0.25, 0.3) is 10.2 Å². The largest absolute Gasteiger partial charge is 0.339 e. The smallest absolute Gasteiger partial charge is 0.281 e. The molecule has 10 heteroatoms. The van der Waals surface area contributed by atoms with Gasteiger partial charge >= 0.3 is 0 Å².